The van der Waals surface area contributed by atoms with Gasteiger partial charge in [-0.05, 0) is 6.07 Å². The molecule has 104 valence electrons. The van der Waals surface area contributed by atoms with Gasteiger partial charge in [0, 0.05) is 43.4 Å². The summed E-state index contributed by atoms with van der Waals surface area (Å²) in [6.45, 7) is 1.83. The van der Waals surface area contributed by atoms with Gasteiger partial charge in [0.1, 0.15) is 12.4 Å². The molecule has 0 radical (unpaired) electrons. The number of nitrogens with zero attached hydrogens (tertiary/aromatic N) is 4. The molecule has 0 bridgehead atoms. The minimum Gasteiger partial charge on any atom is -0.398 e. The highest BCUT2D eigenvalue weighted by molar-refractivity contribution is 5.76. The third-order valence-corrected chi connectivity index (χ3v) is 3.41. The van der Waals surface area contributed by atoms with E-state index in [-0.39, 0.29) is 18.0 Å². The molecule has 1 aliphatic rings. The molecular weight excluding hydrogens is 258 g/mol. The number of amides is 1. The molecule has 0 spiro atoms. The number of hydrogen-bond donors (Lipinski definition) is 1. The molecule has 0 aliphatic carbocycles. The summed E-state index contributed by atoms with van der Waals surface area (Å²) in [4.78, 5) is 29.8. The lowest BCUT2D eigenvalue weighted by Gasteiger charge is -2.27. The minimum atomic E-state index is -0.231. The molecule has 0 aromatic carbocycles. The lowest BCUT2D eigenvalue weighted by atomic mass is 10.3. The molecule has 7 nitrogen and oxygen atoms in total. The number of aromatic nitrogens is 3. The maximum atomic E-state index is 12.3. The summed E-state index contributed by atoms with van der Waals surface area (Å²) in [5, 5.41) is 0. The van der Waals surface area contributed by atoms with Gasteiger partial charge in [-0.15, -0.1) is 0 Å². The Morgan fingerprint density at radius 1 is 1.35 bits per heavy atom. The zero-order chi connectivity index (χ0) is 14.1. The first kappa shape index (κ1) is 12.5. The Kier molecular flexibility index (Phi) is 3.02. The first-order valence-electron chi connectivity index (χ1n) is 6.37. The highest BCUT2D eigenvalue weighted by Crippen LogP contribution is 2.10. The van der Waals surface area contributed by atoms with Gasteiger partial charge >= 0.3 is 0 Å². The third-order valence-electron chi connectivity index (χ3n) is 3.41. The van der Waals surface area contributed by atoms with Crippen molar-refractivity contribution in [2.75, 3.05) is 12.3 Å². The van der Waals surface area contributed by atoms with Crippen molar-refractivity contribution in [1.29, 1.82) is 0 Å². The van der Waals surface area contributed by atoms with Crippen LogP contribution in [0.3, 0.4) is 0 Å². The van der Waals surface area contributed by atoms with E-state index in [0.717, 1.165) is 12.4 Å². The van der Waals surface area contributed by atoms with Crippen LogP contribution in [0.25, 0.3) is 0 Å². The van der Waals surface area contributed by atoms with Crippen LogP contribution < -0.4 is 11.3 Å². The van der Waals surface area contributed by atoms with Gasteiger partial charge < -0.3 is 19.8 Å². The van der Waals surface area contributed by atoms with E-state index in [2.05, 4.69) is 4.98 Å². The van der Waals surface area contributed by atoms with Crippen LogP contribution in [0.15, 0.2) is 35.5 Å². The largest absolute Gasteiger partial charge is 0.398 e. The zero-order valence-corrected chi connectivity index (χ0v) is 10.9. The fourth-order valence-corrected chi connectivity index (χ4v) is 2.31. The summed E-state index contributed by atoms with van der Waals surface area (Å²) in [6, 6.07) is 2.90. The van der Waals surface area contributed by atoms with Crippen LogP contribution in [0.4, 0.5) is 5.69 Å². The predicted octanol–water partition coefficient (Wildman–Crippen LogP) is -0.331. The van der Waals surface area contributed by atoms with Gasteiger partial charge in [0.05, 0.1) is 6.54 Å². The smallest absolute Gasteiger partial charge is 0.251 e. The fraction of sp³-hybridized carbons (Fsp3) is 0.308. The zero-order valence-electron chi connectivity index (χ0n) is 10.9. The van der Waals surface area contributed by atoms with E-state index >= 15 is 0 Å². The van der Waals surface area contributed by atoms with Gasteiger partial charge in [0.15, 0.2) is 0 Å². The maximum Gasteiger partial charge on any atom is 0.251 e. The number of fused-ring (bicyclic) bond motifs is 1. The molecule has 2 N–H and O–H groups in total. The van der Waals surface area contributed by atoms with Gasteiger partial charge in [-0.2, -0.15) is 0 Å². The number of rotatable bonds is 2. The summed E-state index contributed by atoms with van der Waals surface area (Å²) in [7, 11) is 0. The van der Waals surface area contributed by atoms with E-state index in [1.165, 1.54) is 22.9 Å². The predicted molar refractivity (Wildman–Crippen MR) is 72.8 cm³/mol. The number of imidazole rings is 1. The summed E-state index contributed by atoms with van der Waals surface area (Å²) in [5.74, 6) is 0.761. The average molecular weight is 273 g/mol. The van der Waals surface area contributed by atoms with Crippen LogP contribution >= 0.6 is 0 Å². The van der Waals surface area contributed by atoms with Gasteiger partial charge in [0.2, 0.25) is 5.91 Å². The van der Waals surface area contributed by atoms with Gasteiger partial charge in [-0.1, -0.05) is 0 Å². The Morgan fingerprint density at radius 3 is 3.05 bits per heavy atom. The molecule has 1 amide bonds. The standard InChI is InChI=1S/C13H15N5O2/c14-10-1-2-12(19)18(7-10)9-13(20)17-6-5-16-4-3-15-11(16)8-17/h1-4,7H,5-6,8-9,14H2. The van der Waals surface area contributed by atoms with Crippen molar-refractivity contribution in [3.05, 3.63) is 46.9 Å². The molecule has 2 aromatic rings. The number of carbonyl (C=O) groups is 1. The Morgan fingerprint density at radius 2 is 2.20 bits per heavy atom. The van der Waals surface area contributed by atoms with Crippen LogP contribution in [0.1, 0.15) is 5.82 Å². The average Bonchev–Trinajstić information content (AvgIpc) is 2.90. The molecule has 3 heterocycles. The summed E-state index contributed by atoms with van der Waals surface area (Å²) >= 11 is 0. The monoisotopic (exact) mass is 273 g/mol. The van der Waals surface area contributed by atoms with Crippen molar-refractivity contribution >= 4 is 11.6 Å². The van der Waals surface area contributed by atoms with Crippen LogP contribution in [0.5, 0.6) is 0 Å². The molecule has 0 atom stereocenters. The van der Waals surface area contributed by atoms with Crippen LogP contribution in [-0.2, 0) is 24.4 Å². The van der Waals surface area contributed by atoms with Crippen molar-refractivity contribution in [3.63, 3.8) is 0 Å². The Labute approximate surface area is 115 Å². The van der Waals surface area contributed by atoms with Crippen molar-refractivity contribution in [2.45, 2.75) is 19.6 Å². The highest BCUT2D eigenvalue weighted by atomic mass is 16.2. The molecule has 1 aliphatic heterocycles. The van der Waals surface area contributed by atoms with E-state index < -0.39 is 0 Å². The Bertz CT molecular complexity index is 703. The second-order valence-electron chi connectivity index (χ2n) is 4.78. The molecule has 0 unspecified atom stereocenters. The highest BCUT2D eigenvalue weighted by Gasteiger charge is 2.21. The molecule has 7 heteroatoms. The molecule has 2 aromatic heterocycles. The summed E-state index contributed by atoms with van der Waals surface area (Å²) in [6.07, 6.45) is 5.12. The number of anilines is 1. The lowest BCUT2D eigenvalue weighted by Crippen LogP contribution is -2.41. The van der Waals surface area contributed by atoms with Crippen molar-refractivity contribution in [3.8, 4) is 0 Å². The van der Waals surface area contributed by atoms with E-state index in [1.807, 2.05) is 10.8 Å². The van der Waals surface area contributed by atoms with Crippen molar-refractivity contribution < 1.29 is 4.79 Å². The molecular formula is C13H15N5O2. The third kappa shape index (κ3) is 2.29. The van der Waals surface area contributed by atoms with Gasteiger partial charge in [0.25, 0.3) is 5.56 Å². The van der Waals surface area contributed by atoms with Gasteiger partial charge in [-0.25, -0.2) is 4.98 Å². The molecule has 0 fully saturated rings. The Balaban J connectivity index is 1.74. The van der Waals surface area contributed by atoms with Crippen LogP contribution in [0.2, 0.25) is 0 Å². The second-order valence-corrected chi connectivity index (χ2v) is 4.78. The SMILES string of the molecule is Nc1ccc(=O)n(CC(=O)N2CCn3ccnc3C2)c1. The summed E-state index contributed by atoms with van der Waals surface area (Å²) < 4.78 is 3.36. The molecule has 0 saturated carbocycles. The first-order valence-corrected chi connectivity index (χ1v) is 6.37. The van der Waals surface area contributed by atoms with Gasteiger partial charge in [-0.3, -0.25) is 9.59 Å². The fourth-order valence-electron chi connectivity index (χ4n) is 2.31. The number of pyridine rings is 1. The number of nitrogen functional groups attached to an aromatic ring is 1. The number of nitrogens with two attached hydrogens (primary N) is 1. The van der Waals surface area contributed by atoms with E-state index in [4.69, 9.17) is 5.73 Å². The number of hydrogen-bond acceptors (Lipinski definition) is 4. The van der Waals surface area contributed by atoms with Crippen molar-refractivity contribution in [1.82, 2.24) is 19.0 Å². The van der Waals surface area contributed by atoms with Crippen LogP contribution in [-0.4, -0.2) is 31.5 Å². The minimum absolute atomic E-state index is 0.00455. The topological polar surface area (TPSA) is 86.1 Å². The number of carbonyl (C=O) groups excluding carboxylic acids is 1. The second kappa shape index (κ2) is 4.84. The normalized spacial score (nSPS) is 14.1. The van der Waals surface area contributed by atoms with Crippen LogP contribution in [0, 0.1) is 0 Å². The van der Waals surface area contributed by atoms with Crippen molar-refractivity contribution in [2.24, 2.45) is 0 Å². The lowest BCUT2D eigenvalue weighted by molar-refractivity contribution is -0.133. The maximum absolute atomic E-state index is 12.3. The molecule has 0 saturated heterocycles. The molecule has 3 rings (SSSR count). The first-order chi connectivity index (χ1) is 9.63. The van der Waals surface area contributed by atoms with E-state index in [9.17, 15) is 9.59 Å². The van der Waals surface area contributed by atoms with E-state index in [0.29, 0.717) is 18.8 Å². The summed E-state index contributed by atoms with van der Waals surface area (Å²) in [5.41, 5.74) is 5.87. The Hall–Kier alpha value is -2.57. The molecule has 20 heavy (non-hydrogen) atoms. The van der Waals surface area contributed by atoms with E-state index in [1.54, 1.807) is 11.1 Å². The quantitative estimate of drug-likeness (QED) is 0.811.